The van der Waals surface area contributed by atoms with Crippen LogP contribution in [0.4, 0.5) is 4.39 Å². The highest BCUT2D eigenvalue weighted by Crippen LogP contribution is 2.35. The zero-order chi connectivity index (χ0) is 16.9. The molecule has 0 unspecified atom stereocenters. The minimum Gasteiger partial charge on any atom is -0.347 e. The largest absolute Gasteiger partial charge is 0.347 e. The number of nitrogens with zero attached hydrogens (tertiary/aromatic N) is 2. The Balaban J connectivity index is 1.76. The standard InChI is InChI=1S/C18H20FN3O2/c19-15-8-6-14(7-9-15)17(13-4-1-2-5-13)21-16(23)12-22-11-3-10-20-18(22)24/h3,6-11,13,17H,1-2,4-5,12H2,(H,21,23)/t17-/m1/s1. The molecular weight excluding hydrogens is 309 g/mol. The van der Waals surface area contributed by atoms with Gasteiger partial charge in [-0.25, -0.2) is 14.2 Å². The molecule has 5 nitrogen and oxygen atoms in total. The summed E-state index contributed by atoms with van der Waals surface area (Å²) >= 11 is 0. The number of rotatable bonds is 5. The van der Waals surface area contributed by atoms with Gasteiger partial charge < -0.3 is 5.32 Å². The van der Waals surface area contributed by atoms with Gasteiger partial charge in [-0.2, -0.15) is 0 Å². The smallest absolute Gasteiger partial charge is 0.347 e. The first-order chi connectivity index (χ1) is 11.6. The van der Waals surface area contributed by atoms with E-state index in [1.807, 2.05) is 0 Å². The lowest BCUT2D eigenvalue weighted by Gasteiger charge is -2.25. The van der Waals surface area contributed by atoms with Crippen molar-refractivity contribution in [3.63, 3.8) is 0 Å². The number of halogens is 1. The van der Waals surface area contributed by atoms with Crippen molar-refractivity contribution in [3.05, 3.63) is 64.6 Å². The van der Waals surface area contributed by atoms with Crippen molar-refractivity contribution >= 4 is 5.91 Å². The van der Waals surface area contributed by atoms with Crippen LogP contribution in [0, 0.1) is 11.7 Å². The normalized spacial score (nSPS) is 16.0. The van der Waals surface area contributed by atoms with Crippen LogP contribution in [0.15, 0.2) is 47.5 Å². The number of carbonyl (C=O) groups is 1. The highest BCUT2D eigenvalue weighted by Gasteiger charge is 2.27. The molecule has 126 valence electrons. The van der Waals surface area contributed by atoms with E-state index in [1.54, 1.807) is 18.2 Å². The van der Waals surface area contributed by atoms with Crippen LogP contribution in [-0.4, -0.2) is 15.5 Å². The molecule has 2 aromatic rings. The Morgan fingerprint density at radius 3 is 2.67 bits per heavy atom. The van der Waals surface area contributed by atoms with Crippen LogP contribution in [0.3, 0.4) is 0 Å². The summed E-state index contributed by atoms with van der Waals surface area (Å²) in [7, 11) is 0. The van der Waals surface area contributed by atoms with Crippen LogP contribution in [0.5, 0.6) is 0 Å². The molecule has 1 aromatic heterocycles. The van der Waals surface area contributed by atoms with Gasteiger partial charge in [0.05, 0.1) is 6.04 Å². The molecule has 0 spiro atoms. The molecule has 1 atom stereocenters. The van der Waals surface area contributed by atoms with E-state index >= 15 is 0 Å². The summed E-state index contributed by atoms with van der Waals surface area (Å²) in [6.07, 6.45) is 7.29. The van der Waals surface area contributed by atoms with Crippen molar-refractivity contribution in [1.82, 2.24) is 14.9 Å². The number of hydrogen-bond acceptors (Lipinski definition) is 3. The maximum absolute atomic E-state index is 13.2. The average Bonchev–Trinajstić information content (AvgIpc) is 3.10. The predicted octanol–water partition coefficient (Wildman–Crippen LogP) is 2.43. The number of carbonyl (C=O) groups excluding carboxylic acids is 1. The van der Waals surface area contributed by atoms with Crippen molar-refractivity contribution in [3.8, 4) is 0 Å². The number of aromatic nitrogens is 2. The van der Waals surface area contributed by atoms with Gasteiger partial charge in [0.1, 0.15) is 12.4 Å². The van der Waals surface area contributed by atoms with Crippen LogP contribution < -0.4 is 11.0 Å². The predicted molar refractivity (Wildman–Crippen MR) is 87.7 cm³/mol. The van der Waals surface area contributed by atoms with E-state index in [2.05, 4.69) is 10.3 Å². The molecule has 1 fully saturated rings. The molecular formula is C18H20FN3O2. The lowest BCUT2D eigenvalue weighted by molar-refractivity contribution is -0.122. The zero-order valence-corrected chi connectivity index (χ0v) is 13.3. The first-order valence-corrected chi connectivity index (χ1v) is 8.20. The molecule has 1 N–H and O–H groups in total. The lowest BCUT2D eigenvalue weighted by Crippen LogP contribution is -2.37. The third kappa shape index (κ3) is 3.88. The molecule has 1 heterocycles. The van der Waals surface area contributed by atoms with Crippen molar-refractivity contribution in [2.45, 2.75) is 38.3 Å². The highest BCUT2D eigenvalue weighted by atomic mass is 19.1. The first-order valence-electron chi connectivity index (χ1n) is 8.20. The van der Waals surface area contributed by atoms with Crippen LogP contribution in [0.1, 0.15) is 37.3 Å². The van der Waals surface area contributed by atoms with Crippen LogP contribution in [0.2, 0.25) is 0 Å². The Labute approximate surface area is 139 Å². The monoisotopic (exact) mass is 329 g/mol. The number of nitrogens with one attached hydrogen (secondary N) is 1. The third-order valence-electron chi connectivity index (χ3n) is 4.51. The Hall–Kier alpha value is -2.50. The van der Waals surface area contributed by atoms with Crippen molar-refractivity contribution in [2.24, 2.45) is 5.92 Å². The minimum absolute atomic E-state index is 0.0723. The summed E-state index contributed by atoms with van der Waals surface area (Å²) in [5, 5.41) is 3.02. The van der Waals surface area contributed by atoms with E-state index in [4.69, 9.17) is 0 Å². The molecule has 0 bridgehead atoms. The zero-order valence-electron chi connectivity index (χ0n) is 13.3. The van der Waals surface area contributed by atoms with Gasteiger partial charge in [0, 0.05) is 12.4 Å². The highest BCUT2D eigenvalue weighted by molar-refractivity contribution is 5.76. The second-order valence-corrected chi connectivity index (χ2v) is 6.17. The Kier molecular flexibility index (Phi) is 5.03. The fourth-order valence-corrected chi connectivity index (χ4v) is 3.32. The van der Waals surface area contributed by atoms with Gasteiger partial charge >= 0.3 is 5.69 Å². The van der Waals surface area contributed by atoms with Crippen LogP contribution in [0.25, 0.3) is 0 Å². The fourth-order valence-electron chi connectivity index (χ4n) is 3.32. The van der Waals surface area contributed by atoms with Gasteiger partial charge in [0.25, 0.3) is 0 Å². The van der Waals surface area contributed by atoms with Gasteiger partial charge in [-0.3, -0.25) is 9.36 Å². The summed E-state index contributed by atoms with van der Waals surface area (Å²) in [4.78, 5) is 27.7. The van der Waals surface area contributed by atoms with E-state index in [0.717, 1.165) is 31.2 Å². The number of amides is 1. The van der Waals surface area contributed by atoms with Gasteiger partial charge in [-0.1, -0.05) is 25.0 Å². The molecule has 1 aliphatic carbocycles. The van der Waals surface area contributed by atoms with Crippen molar-refractivity contribution < 1.29 is 9.18 Å². The average molecular weight is 329 g/mol. The maximum Gasteiger partial charge on any atom is 0.347 e. The van der Waals surface area contributed by atoms with E-state index in [9.17, 15) is 14.0 Å². The first kappa shape index (κ1) is 16.4. The molecule has 24 heavy (non-hydrogen) atoms. The molecule has 6 heteroatoms. The second kappa shape index (κ2) is 7.38. The molecule has 1 aliphatic rings. The molecule has 1 aromatic carbocycles. The van der Waals surface area contributed by atoms with Gasteiger partial charge in [-0.15, -0.1) is 0 Å². The molecule has 0 saturated heterocycles. The summed E-state index contributed by atoms with van der Waals surface area (Å²) in [5.74, 6) is -0.200. The van der Waals surface area contributed by atoms with Crippen molar-refractivity contribution in [2.75, 3.05) is 0 Å². The number of benzene rings is 1. The SMILES string of the molecule is O=C(Cn1cccnc1=O)N[C@@H](c1ccc(F)cc1)C1CCCC1. The minimum atomic E-state index is -0.452. The second-order valence-electron chi connectivity index (χ2n) is 6.17. The molecule has 1 amide bonds. The fraction of sp³-hybridized carbons (Fsp3) is 0.389. The summed E-state index contributed by atoms with van der Waals surface area (Å²) in [6.45, 7) is -0.0723. The van der Waals surface area contributed by atoms with Gasteiger partial charge in [0.15, 0.2) is 0 Å². The van der Waals surface area contributed by atoms with E-state index in [1.165, 1.54) is 29.1 Å². The Morgan fingerprint density at radius 2 is 2.00 bits per heavy atom. The summed E-state index contributed by atoms with van der Waals surface area (Å²) in [6, 6.07) is 7.71. The summed E-state index contributed by atoms with van der Waals surface area (Å²) < 4.78 is 14.5. The Morgan fingerprint density at radius 1 is 1.29 bits per heavy atom. The van der Waals surface area contributed by atoms with Crippen LogP contribution >= 0.6 is 0 Å². The lowest BCUT2D eigenvalue weighted by atomic mass is 9.91. The van der Waals surface area contributed by atoms with Gasteiger partial charge in [-0.05, 0) is 42.5 Å². The van der Waals surface area contributed by atoms with Crippen molar-refractivity contribution in [1.29, 1.82) is 0 Å². The van der Waals surface area contributed by atoms with Crippen LogP contribution in [-0.2, 0) is 11.3 Å². The Bertz CT molecular complexity index is 751. The topological polar surface area (TPSA) is 64.0 Å². The molecule has 3 rings (SSSR count). The quantitative estimate of drug-likeness (QED) is 0.916. The van der Waals surface area contributed by atoms with E-state index in [-0.39, 0.29) is 24.3 Å². The van der Waals surface area contributed by atoms with E-state index in [0.29, 0.717) is 5.92 Å². The third-order valence-corrected chi connectivity index (χ3v) is 4.51. The molecule has 0 aliphatic heterocycles. The molecule has 1 saturated carbocycles. The van der Waals surface area contributed by atoms with Gasteiger partial charge in [0.2, 0.25) is 5.91 Å². The molecule has 0 radical (unpaired) electrons. The summed E-state index contributed by atoms with van der Waals surface area (Å²) in [5.41, 5.74) is 0.446. The van der Waals surface area contributed by atoms with E-state index < -0.39 is 5.69 Å². The number of hydrogen-bond donors (Lipinski definition) is 1. The maximum atomic E-state index is 13.2.